The van der Waals surface area contributed by atoms with Gasteiger partial charge in [-0.25, -0.2) is 9.78 Å². The minimum atomic E-state index is -0.994. The first-order valence-corrected chi connectivity index (χ1v) is 8.47. The first-order chi connectivity index (χ1) is 13.6. The van der Waals surface area contributed by atoms with Gasteiger partial charge < -0.3 is 16.0 Å². The van der Waals surface area contributed by atoms with Gasteiger partial charge in [0, 0.05) is 22.9 Å². The van der Waals surface area contributed by atoms with Crippen LogP contribution in [0.5, 0.6) is 0 Å². The molecule has 0 saturated carbocycles. The average molecular weight is 372 g/mol. The molecule has 0 saturated heterocycles. The van der Waals surface area contributed by atoms with Crippen LogP contribution in [0.4, 0.5) is 5.82 Å². The number of carbonyl (C=O) groups is 1. The quantitative estimate of drug-likeness (QED) is 0.288. The van der Waals surface area contributed by atoms with Crippen LogP contribution in [0, 0.1) is 0 Å². The number of rotatable bonds is 4. The molecule has 4 rings (SSSR count). The van der Waals surface area contributed by atoms with Gasteiger partial charge in [0.05, 0.1) is 11.3 Å². The van der Waals surface area contributed by atoms with Crippen molar-refractivity contribution in [1.82, 2.24) is 9.38 Å². The van der Waals surface area contributed by atoms with E-state index in [1.807, 2.05) is 30.3 Å². The molecule has 2 aromatic carbocycles. The largest absolute Gasteiger partial charge is 0.478 e. The minimum absolute atomic E-state index is 0.190. The standard InChI is InChI=1S/C21H16N4O3/c22-20-19(14-6-8-15(9-7-14)21(26)27)25-12-16(10-11-17(25)23-20)18(24-28)13-4-2-1-3-5-13/h1-12,28H,22H2,(H,26,27)/b24-18+. The zero-order valence-electron chi connectivity index (χ0n) is 14.6. The van der Waals surface area contributed by atoms with E-state index in [-0.39, 0.29) is 5.56 Å². The Hall–Kier alpha value is -4.13. The lowest BCUT2D eigenvalue weighted by Gasteiger charge is -2.08. The maximum atomic E-state index is 11.1. The molecule has 4 N–H and O–H groups in total. The third kappa shape index (κ3) is 2.95. The van der Waals surface area contributed by atoms with Gasteiger partial charge in [0.2, 0.25) is 0 Å². The van der Waals surface area contributed by atoms with E-state index < -0.39 is 5.97 Å². The second-order valence-electron chi connectivity index (χ2n) is 6.19. The van der Waals surface area contributed by atoms with Crippen molar-refractivity contribution >= 4 is 23.1 Å². The van der Waals surface area contributed by atoms with Crippen LogP contribution in [0.25, 0.3) is 16.9 Å². The number of anilines is 1. The summed E-state index contributed by atoms with van der Waals surface area (Å²) in [5, 5.41) is 22.1. The molecule has 28 heavy (non-hydrogen) atoms. The van der Waals surface area contributed by atoms with E-state index in [0.29, 0.717) is 28.4 Å². The molecule has 0 radical (unpaired) electrons. The van der Waals surface area contributed by atoms with E-state index in [4.69, 9.17) is 10.8 Å². The van der Waals surface area contributed by atoms with Crippen LogP contribution in [-0.2, 0) is 0 Å². The highest BCUT2D eigenvalue weighted by Gasteiger charge is 2.15. The lowest BCUT2D eigenvalue weighted by Crippen LogP contribution is -2.05. The van der Waals surface area contributed by atoms with E-state index in [9.17, 15) is 10.0 Å². The number of aromatic nitrogens is 2. The molecule has 0 atom stereocenters. The number of carboxylic acids is 1. The summed E-state index contributed by atoms with van der Waals surface area (Å²) in [5.41, 5.74) is 10.2. The number of carboxylic acid groups (broad SMARTS) is 1. The fourth-order valence-electron chi connectivity index (χ4n) is 3.14. The highest BCUT2D eigenvalue weighted by atomic mass is 16.4. The molecule has 0 aliphatic rings. The van der Waals surface area contributed by atoms with Crippen molar-refractivity contribution in [3.05, 3.63) is 89.6 Å². The number of nitrogens with zero attached hydrogens (tertiary/aromatic N) is 3. The van der Waals surface area contributed by atoms with Gasteiger partial charge in [0.1, 0.15) is 11.4 Å². The van der Waals surface area contributed by atoms with Crippen LogP contribution in [0.15, 0.2) is 78.1 Å². The molecule has 7 heteroatoms. The fraction of sp³-hybridized carbons (Fsp3) is 0. The number of oxime groups is 1. The molecule has 138 valence electrons. The van der Waals surface area contributed by atoms with Gasteiger partial charge in [-0.15, -0.1) is 0 Å². The van der Waals surface area contributed by atoms with Crippen LogP contribution >= 0.6 is 0 Å². The maximum Gasteiger partial charge on any atom is 0.335 e. The van der Waals surface area contributed by atoms with Crippen molar-refractivity contribution < 1.29 is 15.1 Å². The molecule has 0 bridgehead atoms. The first kappa shape index (κ1) is 17.3. The van der Waals surface area contributed by atoms with Crippen LogP contribution in [-0.4, -0.2) is 31.4 Å². The molecular formula is C21H16N4O3. The van der Waals surface area contributed by atoms with Crippen LogP contribution in [0.1, 0.15) is 21.5 Å². The van der Waals surface area contributed by atoms with Crippen molar-refractivity contribution in [1.29, 1.82) is 0 Å². The minimum Gasteiger partial charge on any atom is -0.478 e. The van der Waals surface area contributed by atoms with Gasteiger partial charge in [-0.05, 0) is 24.3 Å². The number of hydrogen-bond donors (Lipinski definition) is 3. The molecule has 2 aromatic heterocycles. The topological polar surface area (TPSA) is 113 Å². The number of pyridine rings is 1. The second-order valence-corrected chi connectivity index (χ2v) is 6.19. The van der Waals surface area contributed by atoms with Crippen molar-refractivity contribution in [2.75, 3.05) is 5.73 Å². The Labute approximate surface area is 160 Å². The number of fused-ring (bicyclic) bond motifs is 1. The molecule has 0 fully saturated rings. The molecule has 0 aliphatic carbocycles. The van der Waals surface area contributed by atoms with Crippen LogP contribution in [0.2, 0.25) is 0 Å². The number of aromatic carboxylic acids is 1. The molecule has 2 heterocycles. The Balaban J connectivity index is 1.86. The molecule has 7 nitrogen and oxygen atoms in total. The Morgan fingerprint density at radius 1 is 0.929 bits per heavy atom. The number of nitrogen functional groups attached to an aromatic ring is 1. The molecule has 0 spiro atoms. The van der Waals surface area contributed by atoms with Crippen molar-refractivity contribution in [2.24, 2.45) is 5.16 Å². The molecule has 0 amide bonds. The maximum absolute atomic E-state index is 11.1. The fourth-order valence-corrected chi connectivity index (χ4v) is 3.14. The Morgan fingerprint density at radius 2 is 1.61 bits per heavy atom. The highest BCUT2D eigenvalue weighted by molar-refractivity contribution is 6.12. The average Bonchev–Trinajstić information content (AvgIpc) is 3.04. The normalized spacial score (nSPS) is 11.6. The number of nitrogens with two attached hydrogens (primary N) is 1. The monoisotopic (exact) mass is 372 g/mol. The molecule has 0 aliphatic heterocycles. The van der Waals surface area contributed by atoms with E-state index >= 15 is 0 Å². The zero-order valence-corrected chi connectivity index (χ0v) is 14.6. The van der Waals surface area contributed by atoms with E-state index in [2.05, 4.69) is 10.1 Å². The Kier molecular flexibility index (Phi) is 4.25. The first-order valence-electron chi connectivity index (χ1n) is 8.47. The summed E-state index contributed by atoms with van der Waals surface area (Å²) in [5.74, 6) is -0.672. The third-order valence-corrected chi connectivity index (χ3v) is 4.47. The second kappa shape index (κ2) is 6.88. The van der Waals surface area contributed by atoms with Gasteiger partial charge in [0.25, 0.3) is 0 Å². The van der Waals surface area contributed by atoms with Gasteiger partial charge in [-0.1, -0.05) is 47.6 Å². The number of benzene rings is 2. The van der Waals surface area contributed by atoms with E-state index in [1.54, 1.807) is 34.9 Å². The van der Waals surface area contributed by atoms with Crippen molar-refractivity contribution in [3.8, 4) is 11.3 Å². The van der Waals surface area contributed by atoms with Gasteiger partial charge in [-0.2, -0.15) is 0 Å². The van der Waals surface area contributed by atoms with Gasteiger partial charge in [-0.3, -0.25) is 4.40 Å². The van der Waals surface area contributed by atoms with Crippen molar-refractivity contribution in [3.63, 3.8) is 0 Å². The van der Waals surface area contributed by atoms with Crippen LogP contribution < -0.4 is 5.73 Å². The lowest BCUT2D eigenvalue weighted by atomic mass is 10.0. The van der Waals surface area contributed by atoms with Gasteiger partial charge in [0.15, 0.2) is 5.82 Å². The molecular weight excluding hydrogens is 356 g/mol. The molecule has 0 unspecified atom stereocenters. The smallest absolute Gasteiger partial charge is 0.335 e. The summed E-state index contributed by atoms with van der Waals surface area (Å²) < 4.78 is 1.80. The van der Waals surface area contributed by atoms with Crippen LogP contribution in [0.3, 0.4) is 0 Å². The van der Waals surface area contributed by atoms with E-state index in [1.165, 1.54) is 12.1 Å². The summed E-state index contributed by atoms with van der Waals surface area (Å²) >= 11 is 0. The van der Waals surface area contributed by atoms with Crippen molar-refractivity contribution in [2.45, 2.75) is 0 Å². The SMILES string of the molecule is Nc1nc2ccc(/C(=N/O)c3ccccc3)cn2c1-c1ccc(C(=O)O)cc1. The Morgan fingerprint density at radius 3 is 2.25 bits per heavy atom. The zero-order chi connectivity index (χ0) is 19.7. The van der Waals surface area contributed by atoms with Gasteiger partial charge >= 0.3 is 5.97 Å². The summed E-state index contributed by atoms with van der Waals surface area (Å²) in [6.45, 7) is 0. The summed E-state index contributed by atoms with van der Waals surface area (Å²) in [6.07, 6.45) is 1.79. The van der Waals surface area contributed by atoms with E-state index in [0.717, 1.165) is 11.1 Å². The predicted molar refractivity (Wildman–Crippen MR) is 106 cm³/mol. The molecule has 4 aromatic rings. The third-order valence-electron chi connectivity index (χ3n) is 4.47. The lowest BCUT2D eigenvalue weighted by molar-refractivity contribution is 0.0697. The predicted octanol–water partition coefficient (Wildman–Crippen LogP) is 3.51. The summed E-state index contributed by atoms with van der Waals surface area (Å²) in [6, 6.07) is 19.3. The highest BCUT2D eigenvalue weighted by Crippen LogP contribution is 2.28. The number of hydrogen-bond acceptors (Lipinski definition) is 5. The summed E-state index contributed by atoms with van der Waals surface area (Å²) in [4.78, 5) is 15.5. The number of imidazole rings is 1. The Bertz CT molecular complexity index is 1200. The summed E-state index contributed by atoms with van der Waals surface area (Å²) in [7, 11) is 0.